The van der Waals surface area contributed by atoms with Crippen molar-refractivity contribution in [3.63, 3.8) is 0 Å². The van der Waals surface area contributed by atoms with Gasteiger partial charge < -0.3 is 4.74 Å². The van der Waals surface area contributed by atoms with E-state index in [2.05, 4.69) is 41.3 Å². The van der Waals surface area contributed by atoms with Crippen molar-refractivity contribution in [2.75, 3.05) is 6.61 Å². The normalized spacial score (nSPS) is 26.7. The molecule has 1 heterocycles. The van der Waals surface area contributed by atoms with Crippen LogP contribution in [-0.2, 0) is 10.3 Å². The minimum absolute atomic E-state index is 0.234. The fourth-order valence-electron chi connectivity index (χ4n) is 3.25. The molecule has 100 valence electrons. The Labute approximate surface area is 113 Å². The zero-order valence-electron chi connectivity index (χ0n) is 11.2. The molecule has 1 fully saturated rings. The van der Waals surface area contributed by atoms with Crippen LogP contribution in [0.1, 0.15) is 37.8 Å². The van der Waals surface area contributed by atoms with Crippen LogP contribution < -0.4 is 0 Å². The molecule has 0 N–H and O–H groups in total. The summed E-state index contributed by atoms with van der Waals surface area (Å²) in [4.78, 5) is 4.08. The highest BCUT2D eigenvalue weighted by Gasteiger charge is 2.46. The number of benzene rings is 1. The molecule has 0 spiro atoms. The van der Waals surface area contributed by atoms with Crippen LogP contribution in [-0.4, -0.2) is 21.4 Å². The van der Waals surface area contributed by atoms with Crippen molar-refractivity contribution < 1.29 is 4.74 Å². The zero-order chi connectivity index (χ0) is 13.1. The molecule has 1 saturated carbocycles. The molecule has 2 aromatic rings. The molecule has 4 heteroatoms. The molecule has 1 aromatic carbocycles. The van der Waals surface area contributed by atoms with Gasteiger partial charge in [0.15, 0.2) is 0 Å². The molecule has 0 radical (unpaired) electrons. The Hall–Kier alpha value is -1.68. The molecule has 2 atom stereocenters. The van der Waals surface area contributed by atoms with Crippen molar-refractivity contribution in [3.8, 4) is 0 Å². The van der Waals surface area contributed by atoms with Crippen LogP contribution in [0.4, 0.5) is 0 Å². The molecule has 2 unspecified atom stereocenters. The van der Waals surface area contributed by atoms with Crippen LogP contribution in [0.3, 0.4) is 0 Å². The smallest absolute Gasteiger partial charge is 0.137 e. The summed E-state index contributed by atoms with van der Waals surface area (Å²) < 4.78 is 8.18. The highest BCUT2D eigenvalue weighted by molar-refractivity contribution is 5.26. The fraction of sp³-hybridized carbons (Fsp3) is 0.467. The van der Waals surface area contributed by atoms with E-state index in [1.807, 2.05) is 10.7 Å². The standard InChI is InChI=1S/C15H19N3O/c1-2-19-15(13-7-4-3-5-8-13)10-6-9-14(15)18-12-16-11-17-18/h3-5,7-8,11-12,14H,2,6,9-10H2,1H3. The molecule has 0 saturated heterocycles. The van der Waals surface area contributed by atoms with E-state index < -0.39 is 0 Å². The first-order chi connectivity index (χ1) is 9.37. The van der Waals surface area contributed by atoms with Gasteiger partial charge in [-0.1, -0.05) is 30.3 Å². The van der Waals surface area contributed by atoms with E-state index in [4.69, 9.17) is 4.74 Å². The lowest BCUT2D eigenvalue weighted by atomic mass is 9.88. The van der Waals surface area contributed by atoms with Gasteiger partial charge in [-0.2, -0.15) is 5.10 Å². The SMILES string of the molecule is CCOC1(c2ccccc2)CCCC1n1cncn1. The van der Waals surface area contributed by atoms with E-state index in [0.29, 0.717) is 6.61 Å². The number of nitrogens with zero attached hydrogens (tertiary/aromatic N) is 3. The average molecular weight is 257 g/mol. The summed E-state index contributed by atoms with van der Waals surface area (Å²) in [6, 6.07) is 10.7. The maximum Gasteiger partial charge on any atom is 0.137 e. The minimum Gasteiger partial charge on any atom is -0.368 e. The van der Waals surface area contributed by atoms with Crippen LogP contribution in [0.5, 0.6) is 0 Å². The van der Waals surface area contributed by atoms with E-state index in [1.54, 1.807) is 12.7 Å². The lowest BCUT2D eigenvalue weighted by Crippen LogP contribution is -2.36. The fourth-order valence-corrected chi connectivity index (χ4v) is 3.25. The van der Waals surface area contributed by atoms with Crippen LogP contribution >= 0.6 is 0 Å². The maximum atomic E-state index is 6.22. The Balaban J connectivity index is 2.04. The van der Waals surface area contributed by atoms with Crippen LogP contribution in [0.2, 0.25) is 0 Å². The Morgan fingerprint density at radius 3 is 2.89 bits per heavy atom. The second-order valence-electron chi connectivity index (χ2n) is 4.97. The van der Waals surface area contributed by atoms with E-state index in [0.717, 1.165) is 19.3 Å². The summed E-state index contributed by atoms with van der Waals surface area (Å²) in [5, 5.41) is 4.33. The minimum atomic E-state index is -0.260. The average Bonchev–Trinajstić information content (AvgIpc) is 3.09. The van der Waals surface area contributed by atoms with Gasteiger partial charge in [0.05, 0.1) is 6.04 Å². The Kier molecular flexibility index (Phi) is 3.34. The Bertz CT molecular complexity index is 511. The quantitative estimate of drug-likeness (QED) is 0.845. The summed E-state index contributed by atoms with van der Waals surface area (Å²) in [6.07, 6.45) is 6.67. The molecule has 3 rings (SSSR count). The van der Waals surface area contributed by atoms with Gasteiger partial charge >= 0.3 is 0 Å². The van der Waals surface area contributed by atoms with Crippen molar-refractivity contribution in [1.29, 1.82) is 0 Å². The Morgan fingerprint density at radius 2 is 2.21 bits per heavy atom. The third-order valence-electron chi connectivity index (χ3n) is 3.98. The van der Waals surface area contributed by atoms with Crippen LogP contribution in [0, 0.1) is 0 Å². The molecule has 0 aliphatic heterocycles. The second kappa shape index (κ2) is 5.13. The lowest BCUT2D eigenvalue weighted by molar-refractivity contribution is -0.0710. The van der Waals surface area contributed by atoms with Crippen molar-refractivity contribution in [1.82, 2.24) is 14.8 Å². The summed E-state index contributed by atoms with van der Waals surface area (Å²) >= 11 is 0. The van der Waals surface area contributed by atoms with E-state index in [-0.39, 0.29) is 11.6 Å². The zero-order valence-corrected chi connectivity index (χ0v) is 11.2. The van der Waals surface area contributed by atoms with Gasteiger partial charge in [0.1, 0.15) is 18.3 Å². The molecular weight excluding hydrogens is 238 g/mol. The largest absolute Gasteiger partial charge is 0.368 e. The monoisotopic (exact) mass is 257 g/mol. The van der Waals surface area contributed by atoms with Crippen molar-refractivity contribution in [2.45, 2.75) is 37.8 Å². The van der Waals surface area contributed by atoms with Gasteiger partial charge in [-0.05, 0) is 31.7 Å². The first-order valence-corrected chi connectivity index (χ1v) is 6.90. The molecule has 0 bridgehead atoms. The number of rotatable bonds is 4. The predicted molar refractivity (Wildman–Crippen MR) is 72.7 cm³/mol. The summed E-state index contributed by atoms with van der Waals surface area (Å²) in [6.45, 7) is 2.77. The van der Waals surface area contributed by atoms with Crippen molar-refractivity contribution >= 4 is 0 Å². The van der Waals surface area contributed by atoms with E-state index in [9.17, 15) is 0 Å². The molecule has 19 heavy (non-hydrogen) atoms. The van der Waals surface area contributed by atoms with Gasteiger partial charge in [-0.3, -0.25) is 0 Å². The number of hydrogen-bond acceptors (Lipinski definition) is 3. The molecule has 1 aromatic heterocycles. The van der Waals surface area contributed by atoms with Gasteiger partial charge in [-0.25, -0.2) is 9.67 Å². The third-order valence-corrected chi connectivity index (χ3v) is 3.98. The highest BCUT2D eigenvalue weighted by Crippen LogP contribution is 2.49. The number of aromatic nitrogens is 3. The highest BCUT2D eigenvalue weighted by atomic mass is 16.5. The second-order valence-corrected chi connectivity index (χ2v) is 4.97. The molecule has 4 nitrogen and oxygen atoms in total. The summed E-state index contributed by atoms with van der Waals surface area (Å²) in [5.41, 5.74) is 0.985. The van der Waals surface area contributed by atoms with Gasteiger partial charge in [-0.15, -0.1) is 0 Å². The molecule has 1 aliphatic carbocycles. The Morgan fingerprint density at radius 1 is 1.37 bits per heavy atom. The third kappa shape index (κ3) is 2.06. The molecule has 0 amide bonds. The molecular formula is C15H19N3O. The topological polar surface area (TPSA) is 39.9 Å². The van der Waals surface area contributed by atoms with Gasteiger partial charge in [0.25, 0.3) is 0 Å². The summed E-state index contributed by atoms with van der Waals surface area (Å²) in [5.74, 6) is 0. The van der Waals surface area contributed by atoms with E-state index in [1.165, 1.54) is 5.56 Å². The maximum absolute atomic E-state index is 6.22. The number of ether oxygens (including phenoxy) is 1. The molecule has 1 aliphatic rings. The lowest BCUT2D eigenvalue weighted by Gasteiger charge is -2.35. The van der Waals surface area contributed by atoms with Gasteiger partial charge in [0.2, 0.25) is 0 Å². The first kappa shape index (κ1) is 12.4. The van der Waals surface area contributed by atoms with Crippen LogP contribution in [0.25, 0.3) is 0 Å². The number of hydrogen-bond donors (Lipinski definition) is 0. The van der Waals surface area contributed by atoms with Crippen molar-refractivity contribution in [3.05, 3.63) is 48.5 Å². The van der Waals surface area contributed by atoms with Gasteiger partial charge in [0, 0.05) is 6.61 Å². The van der Waals surface area contributed by atoms with Crippen molar-refractivity contribution in [2.24, 2.45) is 0 Å². The predicted octanol–water partition coefficient (Wildman–Crippen LogP) is 2.94. The van der Waals surface area contributed by atoms with Crippen LogP contribution in [0.15, 0.2) is 43.0 Å². The first-order valence-electron chi connectivity index (χ1n) is 6.90. The van der Waals surface area contributed by atoms with E-state index >= 15 is 0 Å². The summed E-state index contributed by atoms with van der Waals surface area (Å²) in [7, 11) is 0.